The highest BCUT2D eigenvalue weighted by molar-refractivity contribution is 5.73. The summed E-state index contributed by atoms with van der Waals surface area (Å²) >= 11 is 0. The molecular formula is C18H28N2O3. The third-order valence-electron chi connectivity index (χ3n) is 4.37. The molecule has 1 saturated heterocycles. The molecule has 23 heavy (non-hydrogen) atoms. The van der Waals surface area contributed by atoms with Gasteiger partial charge in [0.2, 0.25) is 5.91 Å². The van der Waals surface area contributed by atoms with Crippen molar-refractivity contribution in [1.82, 2.24) is 9.80 Å². The number of aliphatic hydroxyl groups excluding tert-OH is 1. The summed E-state index contributed by atoms with van der Waals surface area (Å²) in [6.45, 7) is 9.42. The lowest BCUT2D eigenvalue weighted by Gasteiger charge is -2.47. The molecule has 5 heteroatoms. The summed E-state index contributed by atoms with van der Waals surface area (Å²) < 4.78 is 5.61. The number of piperazine rings is 1. The van der Waals surface area contributed by atoms with Gasteiger partial charge in [-0.05, 0) is 19.4 Å². The molecule has 5 nitrogen and oxygen atoms in total. The summed E-state index contributed by atoms with van der Waals surface area (Å²) in [7, 11) is 0. The first-order valence-corrected chi connectivity index (χ1v) is 8.19. The van der Waals surface area contributed by atoms with Crippen LogP contribution < -0.4 is 0 Å². The number of nitrogens with zero attached hydrogens (tertiary/aromatic N) is 2. The van der Waals surface area contributed by atoms with Crippen molar-refractivity contribution in [3.8, 4) is 0 Å². The van der Waals surface area contributed by atoms with Gasteiger partial charge in [0.1, 0.15) is 0 Å². The van der Waals surface area contributed by atoms with E-state index in [1.165, 1.54) is 0 Å². The molecule has 0 bridgehead atoms. The number of aliphatic hydroxyl groups is 1. The van der Waals surface area contributed by atoms with Crippen LogP contribution in [0.25, 0.3) is 0 Å². The number of β-amino-alcohol motifs (C(OH)–C–C–N with tert-alkyl or cyclic N) is 1. The highest BCUT2D eigenvalue weighted by Gasteiger charge is 2.35. The predicted molar refractivity (Wildman–Crippen MR) is 90.0 cm³/mol. The first-order chi connectivity index (χ1) is 10.9. The first-order valence-electron chi connectivity index (χ1n) is 8.19. The highest BCUT2D eigenvalue weighted by Crippen LogP contribution is 2.21. The fraction of sp³-hybridized carbons (Fsp3) is 0.611. The van der Waals surface area contributed by atoms with Gasteiger partial charge >= 0.3 is 0 Å². The van der Waals surface area contributed by atoms with Crippen molar-refractivity contribution in [3.63, 3.8) is 0 Å². The van der Waals surface area contributed by atoms with E-state index in [-0.39, 0.29) is 11.4 Å². The fourth-order valence-corrected chi connectivity index (χ4v) is 2.99. The van der Waals surface area contributed by atoms with Crippen LogP contribution in [0.4, 0.5) is 0 Å². The zero-order chi connectivity index (χ0) is 16.9. The fourth-order valence-electron chi connectivity index (χ4n) is 2.99. The van der Waals surface area contributed by atoms with Gasteiger partial charge in [0.15, 0.2) is 0 Å². The quantitative estimate of drug-likeness (QED) is 0.863. The van der Waals surface area contributed by atoms with Crippen LogP contribution in [0.15, 0.2) is 30.3 Å². The van der Waals surface area contributed by atoms with Gasteiger partial charge in [0, 0.05) is 38.6 Å². The van der Waals surface area contributed by atoms with E-state index >= 15 is 0 Å². The third-order valence-corrected chi connectivity index (χ3v) is 4.37. The number of hydrogen-bond donors (Lipinski definition) is 1. The number of carbonyl (C=O) groups excluding carboxylic acids is 1. The van der Waals surface area contributed by atoms with Crippen LogP contribution in [-0.4, -0.2) is 65.2 Å². The van der Waals surface area contributed by atoms with Crippen molar-refractivity contribution in [3.05, 3.63) is 35.9 Å². The lowest BCUT2D eigenvalue weighted by molar-refractivity contribution is -0.134. The Morgan fingerprint density at radius 1 is 1.30 bits per heavy atom. The minimum absolute atomic E-state index is 0.115. The third kappa shape index (κ3) is 5.30. The normalized spacial score (nSPS) is 19.6. The molecule has 1 amide bonds. The van der Waals surface area contributed by atoms with Gasteiger partial charge in [0.25, 0.3) is 0 Å². The molecule has 0 aliphatic carbocycles. The number of hydrogen-bond acceptors (Lipinski definition) is 4. The maximum Gasteiger partial charge on any atom is 0.219 e. The molecule has 1 aromatic rings. The zero-order valence-electron chi connectivity index (χ0n) is 14.4. The van der Waals surface area contributed by atoms with E-state index < -0.39 is 6.10 Å². The summed E-state index contributed by atoms with van der Waals surface area (Å²) in [5.41, 5.74) is 0.972. The molecule has 1 unspecified atom stereocenters. The Morgan fingerprint density at radius 2 is 2.00 bits per heavy atom. The van der Waals surface area contributed by atoms with Gasteiger partial charge in [-0.2, -0.15) is 0 Å². The second-order valence-electron chi connectivity index (χ2n) is 6.85. The van der Waals surface area contributed by atoms with Crippen LogP contribution in [0.1, 0.15) is 26.3 Å². The van der Waals surface area contributed by atoms with Gasteiger partial charge in [-0.3, -0.25) is 9.69 Å². The Balaban J connectivity index is 1.76. The topological polar surface area (TPSA) is 53.0 Å². The number of amides is 1. The molecule has 1 aliphatic heterocycles. The molecule has 1 N–H and O–H groups in total. The largest absolute Gasteiger partial charge is 0.389 e. The standard InChI is InChI=1S/C18H28N2O3/c1-15(21)19-9-10-20(18(2,3)14-19)11-17(22)13-23-12-16-7-5-4-6-8-16/h4-8,17,22H,9-14H2,1-3H3. The van der Waals surface area contributed by atoms with Crippen LogP contribution in [0.2, 0.25) is 0 Å². The summed E-state index contributed by atoms with van der Waals surface area (Å²) in [6, 6.07) is 9.95. The minimum Gasteiger partial charge on any atom is -0.389 e. The lowest BCUT2D eigenvalue weighted by atomic mass is 9.98. The summed E-state index contributed by atoms with van der Waals surface area (Å²) in [5.74, 6) is 0.115. The average molecular weight is 320 g/mol. The Kier molecular flexibility index (Phi) is 6.16. The molecule has 1 aliphatic rings. The molecule has 128 valence electrons. The number of rotatable bonds is 6. The minimum atomic E-state index is -0.526. The van der Waals surface area contributed by atoms with Gasteiger partial charge in [-0.25, -0.2) is 0 Å². The molecule has 1 aromatic carbocycles. The van der Waals surface area contributed by atoms with Crippen molar-refractivity contribution in [2.75, 3.05) is 32.8 Å². The molecule has 1 atom stereocenters. The molecule has 0 aromatic heterocycles. The maximum atomic E-state index is 11.5. The Morgan fingerprint density at radius 3 is 2.61 bits per heavy atom. The van der Waals surface area contributed by atoms with E-state index in [0.717, 1.165) is 18.7 Å². The van der Waals surface area contributed by atoms with E-state index in [0.29, 0.717) is 26.3 Å². The average Bonchev–Trinajstić information content (AvgIpc) is 2.50. The van der Waals surface area contributed by atoms with E-state index in [9.17, 15) is 9.90 Å². The summed E-state index contributed by atoms with van der Waals surface area (Å²) in [4.78, 5) is 15.6. The van der Waals surface area contributed by atoms with E-state index in [2.05, 4.69) is 18.7 Å². The molecule has 0 spiro atoms. The number of ether oxygens (including phenoxy) is 1. The lowest BCUT2D eigenvalue weighted by Crippen LogP contribution is -2.61. The van der Waals surface area contributed by atoms with Crippen LogP contribution in [-0.2, 0) is 16.1 Å². The molecule has 1 fully saturated rings. The molecule has 0 saturated carbocycles. The van der Waals surface area contributed by atoms with Crippen molar-refractivity contribution in [1.29, 1.82) is 0 Å². The summed E-state index contributed by atoms with van der Waals surface area (Å²) in [6.07, 6.45) is -0.526. The van der Waals surface area contributed by atoms with Crippen LogP contribution in [0.3, 0.4) is 0 Å². The van der Waals surface area contributed by atoms with Crippen LogP contribution in [0, 0.1) is 0 Å². The Hall–Kier alpha value is -1.43. The smallest absolute Gasteiger partial charge is 0.219 e. The van der Waals surface area contributed by atoms with Crippen molar-refractivity contribution in [2.45, 2.75) is 39.0 Å². The zero-order valence-corrected chi connectivity index (χ0v) is 14.4. The Bertz CT molecular complexity index is 504. The van der Waals surface area contributed by atoms with Crippen LogP contribution in [0.5, 0.6) is 0 Å². The van der Waals surface area contributed by atoms with Gasteiger partial charge in [0.05, 0.1) is 19.3 Å². The van der Waals surface area contributed by atoms with Crippen molar-refractivity contribution < 1.29 is 14.6 Å². The highest BCUT2D eigenvalue weighted by atomic mass is 16.5. The van der Waals surface area contributed by atoms with Gasteiger partial charge in [-0.15, -0.1) is 0 Å². The SMILES string of the molecule is CC(=O)N1CCN(CC(O)COCc2ccccc2)C(C)(C)C1. The maximum absolute atomic E-state index is 11.5. The Labute approximate surface area is 138 Å². The summed E-state index contributed by atoms with van der Waals surface area (Å²) in [5, 5.41) is 10.2. The molecular weight excluding hydrogens is 292 g/mol. The van der Waals surface area contributed by atoms with Crippen LogP contribution >= 0.6 is 0 Å². The van der Waals surface area contributed by atoms with Crippen molar-refractivity contribution in [2.24, 2.45) is 0 Å². The van der Waals surface area contributed by atoms with E-state index in [4.69, 9.17) is 4.74 Å². The second kappa shape index (κ2) is 7.90. The first kappa shape index (κ1) is 17.9. The van der Waals surface area contributed by atoms with Crippen molar-refractivity contribution >= 4 is 5.91 Å². The second-order valence-corrected chi connectivity index (χ2v) is 6.85. The molecule has 1 heterocycles. The van der Waals surface area contributed by atoms with E-state index in [1.807, 2.05) is 35.2 Å². The van der Waals surface area contributed by atoms with Gasteiger partial charge in [-0.1, -0.05) is 30.3 Å². The van der Waals surface area contributed by atoms with E-state index in [1.54, 1.807) is 6.92 Å². The predicted octanol–water partition coefficient (Wildman–Crippen LogP) is 1.51. The monoisotopic (exact) mass is 320 g/mol. The molecule has 2 rings (SSSR count). The molecule has 0 radical (unpaired) electrons. The number of carbonyl (C=O) groups is 1. The number of benzene rings is 1. The van der Waals surface area contributed by atoms with Gasteiger partial charge < -0.3 is 14.7 Å².